The van der Waals surface area contributed by atoms with Crippen molar-refractivity contribution in [1.29, 1.82) is 0 Å². The number of alkyl halides is 3. The molecule has 0 saturated heterocycles. The van der Waals surface area contributed by atoms with Crippen LogP contribution in [0.1, 0.15) is 56.6 Å². The van der Waals surface area contributed by atoms with Gasteiger partial charge in [0, 0.05) is 41.0 Å². The Labute approximate surface area is 278 Å². The van der Waals surface area contributed by atoms with Gasteiger partial charge in [-0.05, 0) is 76.1 Å². The smallest absolute Gasteiger partial charge is 0.451 e. The van der Waals surface area contributed by atoms with Crippen molar-refractivity contribution in [3.63, 3.8) is 0 Å². The van der Waals surface area contributed by atoms with Crippen LogP contribution in [0.4, 0.5) is 19.0 Å². The zero-order chi connectivity index (χ0) is 33.7. The summed E-state index contributed by atoms with van der Waals surface area (Å²) in [7, 11) is 0. The number of carbonyl (C=O) groups is 1. The summed E-state index contributed by atoms with van der Waals surface area (Å²) in [6.07, 6.45) is -3.92. The van der Waals surface area contributed by atoms with Crippen LogP contribution < -0.4 is 4.90 Å². The fourth-order valence-electron chi connectivity index (χ4n) is 5.66. The standard InChI is InChI=1S/C33H32ClF3N6O3S/c1-6-45-30(44)27(46-32(3,4)5)25-18(2)15-22-28(26(25)19-7-9-21(34)10-8-19)47-29(39-22)20-11-12-38-23(16-20)42-13-14-43-24(17-42)40-41-31(43)33(35,36)37/h7-12,15-16,27H,6,13-14,17H2,1-5H3. The highest BCUT2D eigenvalue weighted by Gasteiger charge is 2.40. The Bertz CT molecular complexity index is 1950. The molecule has 0 aliphatic carbocycles. The van der Waals surface area contributed by atoms with Gasteiger partial charge >= 0.3 is 12.1 Å². The number of nitrogens with zero attached hydrogens (tertiary/aromatic N) is 6. The monoisotopic (exact) mass is 684 g/mol. The number of carbonyl (C=O) groups excluding carboxylic acids is 1. The van der Waals surface area contributed by atoms with Crippen molar-refractivity contribution < 1.29 is 27.4 Å². The quantitative estimate of drug-likeness (QED) is 0.159. The highest BCUT2D eigenvalue weighted by Crippen LogP contribution is 2.45. The first-order chi connectivity index (χ1) is 22.2. The van der Waals surface area contributed by atoms with Gasteiger partial charge in [-0.3, -0.25) is 0 Å². The summed E-state index contributed by atoms with van der Waals surface area (Å²) < 4.78 is 53.9. The normalized spacial score (nSPS) is 14.4. The zero-order valence-corrected chi connectivity index (χ0v) is 27.9. The number of aryl methyl sites for hydroxylation is 1. The van der Waals surface area contributed by atoms with E-state index in [1.807, 2.05) is 62.9 Å². The summed E-state index contributed by atoms with van der Waals surface area (Å²) >= 11 is 7.72. The molecule has 1 aliphatic rings. The van der Waals surface area contributed by atoms with Crippen LogP contribution in [-0.2, 0) is 33.5 Å². The predicted molar refractivity (Wildman–Crippen MR) is 174 cm³/mol. The number of thiazole rings is 1. The van der Waals surface area contributed by atoms with Crippen molar-refractivity contribution in [1.82, 2.24) is 24.7 Å². The molecule has 14 heteroatoms. The van der Waals surface area contributed by atoms with Crippen LogP contribution in [0.3, 0.4) is 0 Å². The highest BCUT2D eigenvalue weighted by molar-refractivity contribution is 7.22. The Hall–Kier alpha value is -4.07. The molecule has 0 N–H and O–H groups in total. The Morgan fingerprint density at radius 3 is 2.49 bits per heavy atom. The number of pyridine rings is 1. The first-order valence-corrected chi connectivity index (χ1v) is 16.2. The van der Waals surface area contributed by atoms with Crippen LogP contribution in [0.15, 0.2) is 48.7 Å². The van der Waals surface area contributed by atoms with Gasteiger partial charge in [-0.15, -0.1) is 21.5 Å². The molecule has 1 unspecified atom stereocenters. The lowest BCUT2D eigenvalue weighted by molar-refractivity contribution is -0.166. The largest absolute Gasteiger partial charge is 0.464 e. The summed E-state index contributed by atoms with van der Waals surface area (Å²) in [5, 5.41) is 8.45. The first-order valence-electron chi connectivity index (χ1n) is 15.0. The van der Waals surface area contributed by atoms with Gasteiger partial charge in [0.05, 0.1) is 29.0 Å². The van der Waals surface area contributed by atoms with Crippen LogP contribution in [0.2, 0.25) is 5.02 Å². The lowest BCUT2D eigenvalue weighted by Gasteiger charge is -2.29. The highest BCUT2D eigenvalue weighted by atomic mass is 35.5. The third kappa shape index (κ3) is 6.69. The average molecular weight is 685 g/mol. The van der Waals surface area contributed by atoms with E-state index >= 15 is 0 Å². The topological polar surface area (TPSA) is 95.3 Å². The number of rotatable bonds is 7. The van der Waals surface area contributed by atoms with E-state index in [-0.39, 0.29) is 25.5 Å². The van der Waals surface area contributed by atoms with Crippen LogP contribution in [0.25, 0.3) is 31.9 Å². The third-order valence-electron chi connectivity index (χ3n) is 7.62. The maximum atomic E-state index is 13.4. The fraction of sp³-hybridized carbons (Fsp3) is 0.364. The van der Waals surface area contributed by atoms with E-state index < -0.39 is 29.7 Å². The molecule has 0 spiro atoms. The Balaban J connectivity index is 1.44. The second-order valence-electron chi connectivity index (χ2n) is 12.1. The molecule has 6 rings (SSSR count). The summed E-state index contributed by atoms with van der Waals surface area (Å²) in [6.45, 7) is 10.1. The molecule has 9 nitrogen and oxygen atoms in total. The number of aromatic nitrogens is 5. The van der Waals surface area contributed by atoms with Crippen molar-refractivity contribution in [2.45, 2.75) is 65.6 Å². The zero-order valence-electron chi connectivity index (χ0n) is 26.4. The van der Waals surface area contributed by atoms with Crippen molar-refractivity contribution in [3.05, 3.63) is 76.5 Å². The van der Waals surface area contributed by atoms with Gasteiger partial charge in [-0.1, -0.05) is 23.7 Å². The van der Waals surface area contributed by atoms with Crippen LogP contribution in [0.5, 0.6) is 0 Å². The third-order valence-corrected chi connectivity index (χ3v) is 9.01. The minimum absolute atomic E-state index is 0.0784. The maximum Gasteiger partial charge on any atom is 0.451 e. The molecule has 0 amide bonds. The van der Waals surface area contributed by atoms with Crippen LogP contribution in [-0.4, -0.2) is 49.5 Å². The molecule has 2 aromatic carbocycles. The molecule has 3 aromatic heterocycles. The predicted octanol–water partition coefficient (Wildman–Crippen LogP) is 8.04. The van der Waals surface area contributed by atoms with E-state index in [0.717, 1.165) is 37.0 Å². The second kappa shape index (κ2) is 12.5. The Morgan fingerprint density at radius 1 is 1.06 bits per heavy atom. The lowest BCUT2D eigenvalue weighted by Crippen LogP contribution is -2.35. The summed E-state index contributed by atoms with van der Waals surface area (Å²) in [6, 6.07) is 13.1. The van der Waals surface area contributed by atoms with Gasteiger partial charge in [0.25, 0.3) is 0 Å². The van der Waals surface area contributed by atoms with Gasteiger partial charge in [-0.25, -0.2) is 14.8 Å². The number of halogens is 4. The van der Waals surface area contributed by atoms with E-state index in [2.05, 4.69) is 15.2 Å². The number of fused-ring (bicyclic) bond motifs is 2. The minimum atomic E-state index is -4.57. The molecular weight excluding hydrogens is 653 g/mol. The molecule has 4 heterocycles. The molecular formula is C33H32ClF3N6O3S. The van der Waals surface area contributed by atoms with Gasteiger partial charge in [0.2, 0.25) is 5.82 Å². The number of benzene rings is 2. The molecule has 0 radical (unpaired) electrons. The van der Waals surface area contributed by atoms with Crippen molar-refractivity contribution >= 4 is 44.9 Å². The fourth-order valence-corrected chi connectivity index (χ4v) is 6.91. The van der Waals surface area contributed by atoms with Crippen molar-refractivity contribution in [3.8, 4) is 21.7 Å². The molecule has 0 fully saturated rings. The Morgan fingerprint density at radius 2 is 1.81 bits per heavy atom. The Kier molecular flexibility index (Phi) is 8.75. The first kappa shape index (κ1) is 32.9. The summed E-state index contributed by atoms with van der Waals surface area (Å²) in [4.78, 5) is 24.8. The molecule has 1 aliphatic heterocycles. The van der Waals surface area contributed by atoms with Crippen LogP contribution in [0, 0.1) is 6.92 Å². The van der Waals surface area contributed by atoms with Gasteiger partial charge in [0.15, 0.2) is 11.9 Å². The van der Waals surface area contributed by atoms with Gasteiger partial charge < -0.3 is 18.9 Å². The molecule has 1 atom stereocenters. The average Bonchev–Trinajstić information content (AvgIpc) is 3.64. The molecule has 47 heavy (non-hydrogen) atoms. The molecule has 0 saturated carbocycles. The van der Waals surface area contributed by atoms with E-state index in [9.17, 15) is 18.0 Å². The number of hydrogen-bond acceptors (Lipinski definition) is 9. The SMILES string of the molecule is CCOC(=O)C(OC(C)(C)C)c1c(C)cc2nc(-c3ccnc(N4CCn5c(nnc5C(F)(F)F)C4)c3)sc2c1-c1ccc(Cl)cc1. The molecule has 246 valence electrons. The van der Waals surface area contributed by atoms with E-state index in [0.29, 0.717) is 28.0 Å². The van der Waals surface area contributed by atoms with E-state index in [1.165, 1.54) is 11.3 Å². The van der Waals surface area contributed by atoms with Gasteiger partial charge in [0.1, 0.15) is 10.8 Å². The van der Waals surface area contributed by atoms with E-state index in [1.54, 1.807) is 25.3 Å². The van der Waals surface area contributed by atoms with Gasteiger partial charge in [-0.2, -0.15) is 13.2 Å². The van der Waals surface area contributed by atoms with Crippen molar-refractivity contribution in [2.24, 2.45) is 0 Å². The summed E-state index contributed by atoms with van der Waals surface area (Å²) in [5.74, 6) is -0.670. The number of ether oxygens (including phenoxy) is 2. The molecule has 0 bridgehead atoms. The summed E-state index contributed by atoms with van der Waals surface area (Å²) in [5.41, 5.74) is 4.01. The maximum absolute atomic E-state index is 13.4. The van der Waals surface area contributed by atoms with Crippen LogP contribution >= 0.6 is 22.9 Å². The lowest BCUT2D eigenvalue weighted by atomic mass is 9.91. The van der Waals surface area contributed by atoms with Crippen molar-refractivity contribution in [2.75, 3.05) is 18.1 Å². The second-order valence-corrected chi connectivity index (χ2v) is 13.6. The van der Waals surface area contributed by atoms with E-state index in [4.69, 9.17) is 26.1 Å². The number of anilines is 1. The number of esters is 1. The number of hydrogen-bond donors (Lipinski definition) is 0. The minimum Gasteiger partial charge on any atom is -0.464 e. The molecule has 5 aromatic rings.